The van der Waals surface area contributed by atoms with Crippen molar-refractivity contribution in [1.82, 2.24) is 0 Å². The number of ketones is 1. The number of phenols is 2. The first-order valence-corrected chi connectivity index (χ1v) is 13.5. The van der Waals surface area contributed by atoms with Gasteiger partial charge in [-0.15, -0.1) is 0 Å². The first-order chi connectivity index (χ1) is 20.4. The quantitative estimate of drug-likeness (QED) is 0.185. The van der Waals surface area contributed by atoms with E-state index in [1.807, 2.05) is 0 Å². The van der Waals surface area contributed by atoms with E-state index in [0.29, 0.717) is 5.56 Å². The maximum Gasteiger partial charge on any atom is 0.229 e. The van der Waals surface area contributed by atoms with Gasteiger partial charge >= 0.3 is 0 Å². The van der Waals surface area contributed by atoms with Gasteiger partial charge in [0.1, 0.15) is 71.6 Å². The number of phenolic OH excluding ortho intramolecular Hbond substituents is 2. The number of rotatable bonds is 7. The van der Waals surface area contributed by atoms with E-state index < -0.39 is 85.7 Å². The van der Waals surface area contributed by atoms with Crippen molar-refractivity contribution in [3.8, 4) is 28.7 Å². The van der Waals surface area contributed by atoms with Crippen LogP contribution in [-0.4, -0.2) is 122 Å². The van der Waals surface area contributed by atoms with Gasteiger partial charge in [-0.1, -0.05) is 6.07 Å². The Labute approximate surface area is 245 Å². The molecule has 3 aliphatic heterocycles. The Bertz CT molecular complexity index is 1320. The van der Waals surface area contributed by atoms with Crippen molar-refractivity contribution in [2.75, 3.05) is 13.7 Å². The molecule has 5 rings (SSSR count). The van der Waals surface area contributed by atoms with Crippen molar-refractivity contribution in [2.24, 2.45) is 0 Å². The van der Waals surface area contributed by atoms with Gasteiger partial charge in [-0.05, 0) is 24.6 Å². The van der Waals surface area contributed by atoms with Crippen LogP contribution in [0.4, 0.5) is 0 Å². The fraction of sp³-hybridized carbons (Fsp3) is 0.536. The number of fused-ring (bicyclic) bond motifs is 1. The molecule has 15 nitrogen and oxygen atoms in total. The largest absolute Gasteiger partial charge is 0.507 e. The minimum atomic E-state index is -1.77. The second-order valence-electron chi connectivity index (χ2n) is 10.6. The van der Waals surface area contributed by atoms with E-state index in [-0.39, 0.29) is 35.0 Å². The van der Waals surface area contributed by atoms with Crippen molar-refractivity contribution >= 4 is 5.78 Å². The molecule has 43 heavy (non-hydrogen) atoms. The summed E-state index contributed by atoms with van der Waals surface area (Å²) in [5, 5.41) is 82.2. The van der Waals surface area contributed by atoms with Gasteiger partial charge in [-0.3, -0.25) is 4.79 Å². The number of aromatic hydroxyl groups is 2. The van der Waals surface area contributed by atoms with Gasteiger partial charge in [-0.25, -0.2) is 0 Å². The lowest BCUT2D eigenvalue weighted by atomic mass is 9.95. The van der Waals surface area contributed by atoms with E-state index >= 15 is 0 Å². The molecule has 2 aromatic rings. The lowest BCUT2D eigenvalue weighted by Gasteiger charge is -2.42. The summed E-state index contributed by atoms with van der Waals surface area (Å²) >= 11 is 0. The molecule has 0 radical (unpaired) electrons. The third-order valence-electron chi connectivity index (χ3n) is 7.70. The number of benzene rings is 2. The first-order valence-electron chi connectivity index (χ1n) is 13.5. The minimum Gasteiger partial charge on any atom is -0.507 e. The van der Waals surface area contributed by atoms with E-state index in [0.717, 1.165) is 6.07 Å². The Morgan fingerprint density at radius 2 is 1.53 bits per heavy atom. The number of hydrogen-bond donors (Lipinski definition) is 8. The molecule has 2 fully saturated rings. The summed E-state index contributed by atoms with van der Waals surface area (Å²) in [6, 6.07) is 6.90. The molecular weight excluding hydrogens is 576 g/mol. The van der Waals surface area contributed by atoms with Gasteiger partial charge in [-0.2, -0.15) is 0 Å². The molecule has 2 saturated heterocycles. The Kier molecular flexibility index (Phi) is 8.99. The Balaban J connectivity index is 1.30. The molecule has 3 aliphatic rings. The average molecular weight is 611 g/mol. The van der Waals surface area contributed by atoms with E-state index in [9.17, 15) is 45.6 Å². The third kappa shape index (κ3) is 6.08. The van der Waals surface area contributed by atoms with Crippen LogP contribution in [0, 0.1) is 0 Å². The maximum atomic E-state index is 12.9. The summed E-state index contributed by atoms with van der Waals surface area (Å²) < 4.78 is 33.1. The lowest BCUT2D eigenvalue weighted by molar-refractivity contribution is -0.318. The van der Waals surface area contributed by atoms with Crippen LogP contribution in [0.5, 0.6) is 28.7 Å². The summed E-state index contributed by atoms with van der Waals surface area (Å²) in [4.78, 5) is 12.9. The number of aliphatic hydroxyl groups excluding tert-OH is 6. The zero-order valence-electron chi connectivity index (χ0n) is 23.1. The molecule has 0 aliphatic carbocycles. The van der Waals surface area contributed by atoms with Crippen molar-refractivity contribution < 1.29 is 74.1 Å². The second kappa shape index (κ2) is 12.4. The zero-order valence-corrected chi connectivity index (χ0v) is 23.1. The summed E-state index contributed by atoms with van der Waals surface area (Å²) in [5.74, 6) is -0.999. The molecule has 0 spiro atoms. The van der Waals surface area contributed by atoms with E-state index in [2.05, 4.69) is 0 Å². The Hall–Kier alpha value is -3.25. The maximum absolute atomic E-state index is 12.9. The topological polar surface area (TPSA) is 234 Å². The average Bonchev–Trinajstić information content (AvgIpc) is 2.97. The normalized spacial score (nSPS) is 36.0. The zero-order chi connectivity index (χ0) is 31.2. The number of carbonyl (C=O) groups excluding carboxylic acids is 1. The van der Waals surface area contributed by atoms with Gasteiger partial charge in [0.25, 0.3) is 0 Å². The lowest BCUT2D eigenvalue weighted by Crippen LogP contribution is -2.61. The standard InChI is InChI=1S/C28H34O15/c1-10-21(32)23(34)25(36)27(40-10)39-9-19-22(33)24(35)26(37)28(43-19)41-12-6-14(30)20-15(31)8-17(42-18(20)7-12)11-3-4-16(38-2)13(29)5-11/h3-7,10,17,19,21-30,32-37H,8-9H2,1-2H3/t10-,17-,19-,21+,22+,23+,24+,25+,26+,27+,28+/m0/s1. The molecule has 236 valence electrons. The highest BCUT2D eigenvalue weighted by molar-refractivity contribution is 6.02. The molecule has 0 unspecified atom stereocenters. The number of carbonyl (C=O) groups is 1. The molecule has 11 atom stereocenters. The van der Waals surface area contributed by atoms with Crippen LogP contribution in [0.15, 0.2) is 30.3 Å². The SMILES string of the molecule is COc1ccc([C@@H]2CC(=O)c3c(O)cc(O[C@@H]4O[C@@H](CO[C@@H]5O[C@@H](C)[C@@H](O)[C@@H](O)[C@H]5O)[C@@H](O)[C@@H](O)[C@H]4O)cc3O2)cc1O. The number of ether oxygens (including phenoxy) is 6. The Morgan fingerprint density at radius 1 is 0.837 bits per heavy atom. The Morgan fingerprint density at radius 3 is 2.23 bits per heavy atom. The summed E-state index contributed by atoms with van der Waals surface area (Å²) in [5.41, 5.74) is 0.373. The smallest absolute Gasteiger partial charge is 0.229 e. The number of hydrogen-bond acceptors (Lipinski definition) is 15. The van der Waals surface area contributed by atoms with E-state index in [4.69, 9.17) is 28.4 Å². The van der Waals surface area contributed by atoms with Gasteiger partial charge in [0.15, 0.2) is 23.6 Å². The fourth-order valence-corrected chi connectivity index (χ4v) is 5.20. The van der Waals surface area contributed by atoms with Crippen LogP contribution in [-0.2, 0) is 14.2 Å². The highest BCUT2D eigenvalue weighted by Crippen LogP contribution is 2.43. The second-order valence-corrected chi connectivity index (χ2v) is 10.6. The van der Waals surface area contributed by atoms with Crippen LogP contribution in [0.2, 0.25) is 0 Å². The third-order valence-corrected chi connectivity index (χ3v) is 7.70. The van der Waals surface area contributed by atoms with Crippen molar-refractivity contribution in [3.63, 3.8) is 0 Å². The molecule has 15 heteroatoms. The monoisotopic (exact) mass is 610 g/mol. The molecular formula is C28H34O15. The molecule has 0 aromatic heterocycles. The van der Waals surface area contributed by atoms with Crippen LogP contribution in [0.1, 0.15) is 35.4 Å². The summed E-state index contributed by atoms with van der Waals surface area (Å²) in [7, 11) is 1.39. The molecule has 2 aromatic carbocycles. The molecule has 0 saturated carbocycles. The molecule has 3 heterocycles. The molecule has 8 N–H and O–H groups in total. The summed E-state index contributed by atoms with van der Waals surface area (Å²) in [6.07, 6.45) is -15.9. The first kappa shape index (κ1) is 31.2. The van der Waals surface area contributed by atoms with Gasteiger partial charge in [0.05, 0.1) is 26.2 Å². The van der Waals surface area contributed by atoms with Crippen molar-refractivity contribution in [3.05, 3.63) is 41.5 Å². The molecule has 0 amide bonds. The molecule has 0 bridgehead atoms. The van der Waals surface area contributed by atoms with Gasteiger partial charge in [0.2, 0.25) is 6.29 Å². The van der Waals surface area contributed by atoms with Crippen LogP contribution in [0.25, 0.3) is 0 Å². The number of Topliss-reactive ketones (excluding diaryl/α,β-unsaturated/α-hetero) is 1. The van der Waals surface area contributed by atoms with Crippen molar-refractivity contribution in [2.45, 2.75) is 80.9 Å². The van der Waals surface area contributed by atoms with E-state index in [1.165, 1.54) is 32.2 Å². The predicted molar refractivity (Wildman–Crippen MR) is 141 cm³/mol. The number of aliphatic hydroxyl groups is 6. The number of methoxy groups -OCH3 is 1. The minimum absolute atomic E-state index is 0.0457. The van der Waals surface area contributed by atoms with Crippen LogP contribution >= 0.6 is 0 Å². The van der Waals surface area contributed by atoms with Crippen molar-refractivity contribution in [1.29, 1.82) is 0 Å². The highest BCUT2D eigenvalue weighted by Gasteiger charge is 2.47. The van der Waals surface area contributed by atoms with Crippen LogP contribution in [0.3, 0.4) is 0 Å². The van der Waals surface area contributed by atoms with E-state index in [1.54, 1.807) is 6.07 Å². The van der Waals surface area contributed by atoms with Gasteiger partial charge < -0.3 is 69.3 Å². The summed E-state index contributed by atoms with van der Waals surface area (Å²) in [6.45, 7) is 0.964. The van der Waals surface area contributed by atoms with Crippen LogP contribution < -0.4 is 14.2 Å². The van der Waals surface area contributed by atoms with Gasteiger partial charge in [0, 0.05) is 12.1 Å². The predicted octanol–water partition coefficient (Wildman–Crippen LogP) is -1.16. The fourth-order valence-electron chi connectivity index (χ4n) is 5.20. The highest BCUT2D eigenvalue weighted by atomic mass is 16.7.